The zero-order valence-electron chi connectivity index (χ0n) is 11.1. The Kier molecular flexibility index (Phi) is 4.74. The molecule has 2 aromatic carbocycles. The fourth-order valence-corrected chi connectivity index (χ4v) is 2.57. The third-order valence-corrected chi connectivity index (χ3v) is 4.28. The van der Waals surface area contributed by atoms with Crippen molar-refractivity contribution in [3.05, 3.63) is 67.7 Å². The van der Waals surface area contributed by atoms with Gasteiger partial charge in [0.2, 0.25) is 0 Å². The highest BCUT2D eigenvalue weighted by molar-refractivity contribution is 6.42. The maximum absolute atomic E-state index is 12.3. The van der Waals surface area contributed by atoms with Gasteiger partial charge in [-0.15, -0.1) is 0 Å². The minimum Gasteiger partial charge on any atom is -0.294 e. The highest BCUT2D eigenvalue weighted by Crippen LogP contribution is 2.25. The maximum Gasteiger partial charge on any atom is 0.168 e. The summed E-state index contributed by atoms with van der Waals surface area (Å²) in [5, 5.41) is 1.41. The van der Waals surface area contributed by atoms with Gasteiger partial charge >= 0.3 is 0 Å². The maximum atomic E-state index is 12.3. The zero-order chi connectivity index (χ0) is 14.9. The SMILES string of the molecule is Cc1cc(Cl)c(C(=O)Cc2ccc(Cl)c(Cl)c2)cc1C. The van der Waals surface area contributed by atoms with E-state index in [0.29, 0.717) is 20.6 Å². The molecule has 0 unspecified atom stereocenters. The fraction of sp³-hybridized carbons (Fsp3) is 0.188. The summed E-state index contributed by atoms with van der Waals surface area (Å²) >= 11 is 18.0. The number of aryl methyl sites for hydroxylation is 2. The molecule has 0 radical (unpaired) electrons. The number of halogens is 3. The number of Topliss-reactive ketones (excluding diaryl/α,β-unsaturated/α-hetero) is 1. The molecule has 0 atom stereocenters. The van der Waals surface area contributed by atoms with E-state index in [1.807, 2.05) is 26.0 Å². The van der Waals surface area contributed by atoms with E-state index >= 15 is 0 Å². The standard InChI is InChI=1S/C16H13Cl3O/c1-9-5-12(14(18)6-10(9)2)16(20)8-11-3-4-13(17)15(19)7-11/h3-7H,8H2,1-2H3. The minimum absolute atomic E-state index is 0.0310. The third kappa shape index (κ3) is 3.35. The lowest BCUT2D eigenvalue weighted by Gasteiger charge is -2.08. The number of hydrogen-bond donors (Lipinski definition) is 0. The van der Waals surface area contributed by atoms with Gasteiger partial charge < -0.3 is 0 Å². The normalized spacial score (nSPS) is 10.7. The van der Waals surface area contributed by atoms with Crippen molar-refractivity contribution in [3.63, 3.8) is 0 Å². The summed E-state index contributed by atoms with van der Waals surface area (Å²) in [6, 6.07) is 8.84. The predicted molar refractivity (Wildman–Crippen MR) is 85.4 cm³/mol. The Morgan fingerprint density at radius 2 is 1.55 bits per heavy atom. The van der Waals surface area contributed by atoms with Crippen molar-refractivity contribution in [3.8, 4) is 0 Å². The molecule has 0 heterocycles. The van der Waals surface area contributed by atoms with Gasteiger partial charge in [-0.25, -0.2) is 0 Å². The van der Waals surface area contributed by atoms with E-state index in [1.54, 1.807) is 18.2 Å². The number of rotatable bonds is 3. The number of ketones is 1. The quantitative estimate of drug-likeness (QED) is 0.662. The molecule has 0 spiro atoms. The Morgan fingerprint density at radius 1 is 0.900 bits per heavy atom. The second-order valence-electron chi connectivity index (χ2n) is 4.76. The smallest absolute Gasteiger partial charge is 0.168 e. The van der Waals surface area contributed by atoms with Crippen LogP contribution >= 0.6 is 34.8 Å². The predicted octanol–water partition coefficient (Wildman–Crippen LogP) is 5.69. The highest BCUT2D eigenvalue weighted by Gasteiger charge is 2.13. The lowest BCUT2D eigenvalue weighted by Crippen LogP contribution is -2.05. The summed E-state index contributed by atoms with van der Waals surface area (Å²) < 4.78 is 0. The molecule has 4 heteroatoms. The Labute approximate surface area is 133 Å². The molecule has 20 heavy (non-hydrogen) atoms. The first kappa shape index (κ1) is 15.4. The fourth-order valence-electron chi connectivity index (χ4n) is 1.92. The lowest BCUT2D eigenvalue weighted by molar-refractivity contribution is 0.0993. The van der Waals surface area contributed by atoms with Crippen LogP contribution in [0.4, 0.5) is 0 Å². The molecule has 0 aromatic heterocycles. The van der Waals surface area contributed by atoms with Gasteiger partial charge in [0.25, 0.3) is 0 Å². The van der Waals surface area contributed by atoms with Crippen molar-refractivity contribution in [2.45, 2.75) is 20.3 Å². The van der Waals surface area contributed by atoms with E-state index < -0.39 is 0 Å². The summed E-state index contributed by atoms with van der Waals surface area (Å²) in [6.45, 7) is 3.93. The van der Waals surface area contributed by atoms with E-state index in [4.69, 9.17) is 34.8 Å². The van der Waals surface area contributed by atoms with Crippen molar-refractivity contribution in [1.82, 2.24) is 0 Å². The van der Waals surface area contributed by atoms with Gasteiger partial charge in [-0.05, 0) is 54.8 Å². The number of carbonyl (C=O) groups is 1. The molecule has 0 saturated heterocycles. The van der Waals surface area contributed by atoms with Crippen molar-refractivity contribution in [2.24, 2.45) is 0 Å². The molecule has 104 valence electrons. The monoisotopic (exact) mass is 326 g/mol. The Balaban J connectivity index is 2.28. The van der Waals surface area contributed by atoms with Gasteiger partial charge in [0, 0.05) is 12.0 Å². The molecule has 0 N–H and O–H groups in total. The summed E-state index contributed by atoms with van der Waals surface area (Å²) in [4.78, 5) is 12.3. The summed E-state index contributed by atoms with van der Waals surface area (Å²) in [7, 11) is 0. The van der Waals surface area contributed by atoms with Crippen LogP contribution in [0.25, 0.3) is 0 Å². The molecule has 0 bridgehead atoms. The van der Waals surface area contributed by atoms with Gasteiger partial charge in [-0.2, -0.15) is 0 Å². The first-order chi connectivity index (χ1) is 9.38. The van der Waals surface area contributed by atoms with Crippen LogP contribution in [0.15, 0.2) is 30.3 Å². The van der Waals surface area contributed by atoms with Crippen LogP contribution in [0.3, 0.4) is 0 Å². The van der Waals surface area contributed by atoms with E-state index in [1.165, 1.54) is 0 Å². The van der Waals surface area contributed by atoms with Crippen LogP contribution in [0.2, 0.25) is 15.1 Å². The van der Waals surface area contributed by atoms with Crippen LogP contribution in [0.1, 0.15) is 27.0 Å². The van der Waals surface area contributed by atoms with Crippen molar-refractivity contribution >= 4 is 40.6 Å². The number of benzene rings is 2. The summed E-state index contributed by atoms with van der Waals surface area (Å²) in [5.74, 6) is -0.0310. The highest BCUT2D eigenvalue weighted by atomic mass is 35.5. The van der Waals surface area contributed by atoms with E-state index in [2.05, 4.69) is 0 Å². The van der Waals surface area contributed by atoms with Crippen LogP contribution in [0.5, 0.6) is 0 Å². The molecule has 2 rings (SSSR count). The first-order valence-electron chi connectivity index (χ1n) is 6.12. The van der Waals surface area contributed by atoms with Crippen molar-refractivity contribution in [2.75, 3.05) is 0 Å². The van der Waals surface area contributed by atoms with E-state index in [0.717, 1.165) is 16.7 Å². The number of hydrogen-bond acceptors (Lipinski definition) is 1. The molecule has 0 fully saturated rings. The molecule has 0 saturated carbocycles. The average molecular weight is 328 g/mol. The molecule has 1 nitrogen and oxygen atoms in total. The Morgan fingerprint density at radius 3 is 2.20 bits per heavy atom. The Bertz CT molecular complexity index is 678. The van der Waals surface area contributed by atoms with Gasteiger partial charge in [-0.1, -0.05) is 40.9 Å². The zero-order valence-corrected chi connectivity index (χ0v) is 13.4. The summed E-state index contributed by atoms with van der Waals surface area (Å²) in [6.07, 6.45) is 0.249. The first-order valence-corrected chi connectivity index (χ1v) is 7.25. The second kappa shape index (κ2) is 6.17. The number of carbonyl (C=O) groups excluding carboxylic acids is 1. The van der Waals surface area contributed by atoms with Crippen LogP contribution in [-0.2, 0) is 6.42 Å². The third-order valence-electron chi connectivity index (χ3n) is 3.23. The van der Waals surface area contributed by atoms with E-state index in [-0.39, 0.29) is 12.2 Å². The van der Waals surface area contributed by atoms with Gasteiger partial charge in [0.1, 0.15) is 0 Å². The van der Waals surface area contributed by atoms with Crippen LogP contribution in [-0.4, -0.2) is 5.78 Å². The van der Waals surface area contributed by atoms with Crippen LogP contribution in [0, 0.1) is 13.8 Å². The second-order valence-corrected chi connectivity index (χ2v) is 5.99. The molecular formula is C16H13Cl3O. The van der Waals surface area contributed by atoms with Gasteiger partial charge in [0.05, 0.1) is 15.1 Å². The average Bonchev–Trinajstić information content (AvgIpc) is 2.38. The van der Waals surface area contributed by atoms with Crippen molar-refractivity contribution < 1.29 is 4.79 Å². The molecule has 0 aliphatic heterocycles. The Hall–Kier alpha value is -1.02. The molecule has 0 aliphatic rings. The molecule has 0 amide bonds. The van der Waals surface area contributed by atoms with Gasteiger partial charge in [-0.3, -0.25) is 4.79 Å². The van der Waals surface area contributed by atoms with Crippen LogP contribution < -0.4 is 0 Å². The lowest BCUT2D eigenvalue weighted by atomic mass is 9.99. The molecular weight excluding hydrogens is 315 g/mol. The molecule has 0 aliphatic carbocycles. The molecule has 2 aromatic rings. The summed E-state index contributed by atoms with van der Waals surface area (Å²) in [5.41, 5.74) is 3.48. The topological polar surface area (TPSA) is 17.1 Å². The van der Waals surface area contributed by atoms with Gasteiger partial charge in [0.15, 0.2) is 5.78 Å². The largest absolute Gasteiger partial charge is 0.294 e. The van der Waals surface area contributed by atoms with E-state index in [9.17, 15) is 4.79 Å². The van der Waals surface area contributed by atoms with Crippen molar-refractivity contribution in [1.29, 1.82) is 0 Å². The minimum atomic E-state index is -0.0310.